The van der Waals surface area contributed by atoms with Gasteiger partial charge in [-0.1, -0.05) is 21.6 Å². The molecule has 4 N–H and O–H groups in total. The Hall–Kier alpha value is -1.42. The van der Waals surface area contributed by atoms with Crippen LogP contribution in [0.25, 0.3) is 0 Å². The van der Waals surface area contributed by atoms with Crippen molar-refractivity contribution in [2.45, 2.75) is 13.8 Å². The molecule has 0 fully saturated rings. The van der Waals surface area contributed by atoms with Crippen LogP contribution >= 0.6 is 21.6 Å². The van der Waals surface area contributed by atoms with Gasteiger partial charge in [-0.25, -0.2) is 9.59 Å². The number of urea groups is 2. The van der Waals surface area contributed by atoms with E-state index in [1.54, 1.807) is 6.92 Å². The fourth-order valence-corrected chi connectivity index (χ4v) is 2.67. The van der Waals surface area contributed by atoms with E-state index < -0.39 is 18.0 Å². The molecule has 0 unspecified atom stereocenters. The van der Waals surface area contributed by atoms with Gasteiger partial charge in [-0.05, 0) is 6.92 Å². The van der Waals surface area contributed by atoms with Crippen molar-refractivity contribution in [3.8, 4) is 0 Å². The fourth-order valence-electron chi connectivity index (χ4n) is 0.932. The Bertz CT molecular complexity index is 365. The van der Waals surface area contributed by atoms with Crippen LogP contribution in [0.15, 0.2) is 0 Å². The molecule has 0 aromatic rings. The van der Waals surface area contributed by atoms with Gasteiger partial charge >= 0.3 is 12.1 Å². The molecule has 0 heterocycles. The molecule has 0 aliphatic heterocycles. The van der Waals surface area contributed by atoms with Crippen molar-refractivity contribution in [3.05, 3.63) is 0 Å². The smallest absolute Gasteiger partial charge is 0.321 e. The topological polar surface area (TPSA) is 116 Å². The van der Waals surface area contributed by atoms with Gasteiger partial charge in [-0.15, -0.1) is 0 Å². The van der Waals surface area contributed by atoms with E-state index in [1.165, 1.54) is 28.5 Å². The van der Waals surface area contributed by atoms with Gasteiger partial charge in [0.05, 0.1) is 5.75 Å². The van der Waals surface area contributed by atoms with Crippen molar-refractivity contribution in [3.63, 3.8) is 0 Å². The second-order valence-electron chi connectivity index (χ2n) is 3.43. The molecule has 0 saturated heterocycles. The SMILES string of the molecule is CCNC(=O)NC(=O)CSSCCNC(=O)NC(C)=O. The zero-order valence-electron chi connectivity index (χ0n) is 11.3. The standard InChI is InChI=1S/C10H18N4O4S2/c1-3-11-9(17)14-8(16)6-20-19-5-4-12-10(18)13-7(2)15/h3-6H2,1-2H3,(H2,11,14,16,17)(H2,12,13,15,18). The van der Waals surface area contributed by atoms with Gasteiger partial charge in [0, 0.05) is 25.8 Å². The Balaban J connectivity index is 3.48. The maximum Gasteiger partial charge on any atom is 0.321 e. The van der Waals surface area contributed by atoms with Crippen LogP contribution in [-0.4, -0.2) is 48.5 Å². The van der Waals surface area contributed by atoms with Gasteiger partial charge in [-0.3, -0.25) is 20.2 Å². The maximum atomic E-state index is 11.3. The number of imide groups is 2. The van der Waals surface area contributed by atoms with Crippen molar-refractivity contribution in [2.75, 3.05) is 24.6 Å². The van der Waals surface area contributed by atoms with E-state index in [0.717, 1.165) is 0 Å². The molecule has 0 rings (SSSR count). The molecule has 10 heteroatoms. The van der Waals surface area contributed by atoms with Crippen LogP contribution in [0.5, 0.6) is 0 Å². The molecule has 0 aromatic heterocycles. The van der Waals surface area contributed by atoms with E-state index in [1.807, 2.05) is 0 Å². The molecule has 0 atom stereocenters. The second-order valence-corrected chi connectivity index (χ2v) is 6.01. The summed E-state index contributed by atoms with van der Waals surface area (Å²) in [6, 6.07) is -1.05. The highest BCUT2D eigenvalue weighted by Gasteiger charge is 2.06. The molecule has 0 saturated carbocycles. The fraction of sp³-hybridized carbons (Fsp3) is 0.600. The first-order valence-corrected chi connectivity index (χ1v) is 8.32. The summed E-state index contributed by atoms with van der Waals surface area (Å²) in [6.07, 6.45) is 0. The third kappa shape index (κ3) is 11.7. The minimum Gasteiger partial charge on any atom is -0.338 e. The summed E-state index contributed by atoms with van der Waals surface area (Å²) in [5.41, 5.74) is 0. The first kappa shape index (κ1) is 18.6. The van der Waals surface area contributed by atoms with E-state index in [4.69, 9.17) is 0 Å². The lowest BCUT2D eigenvalue weighted by molar-refractivity contribution is -0.118. The number of hydrogen-bond acceptors (Lipinski definition) is 6. The number of amides is 6. The molecular formula is C10H18N4O4S2. The van der Waals surface area contributed by atoms with Crippen molar-refractivity contribution in [1.82, 2.24) is 21.3 Å². The van der Waals surface area contributed by atoms with E-state index in [2.05, 4.69) is 21.3 Å². The van der Waals surface area contributed by atoms with E-state index in [9.17, 15) is 19.2 Å². The van der Waals surface area contributed by atoms with Crippen LogP contribution in [0, 0.1) is 0 Å². The zero-order chi connectivity index (χ0) is 15.4. The van der Waals surface area contributed by atoms with Crippen LogP contribution in [-0.2, 0) is 9.59 Å². The number of hydrogen-bond donors (Lipinski definition) is 4. The van der Waals surface area contributed by atoms with Crippen molar-refractivity contribution in [2.24, 2.45) is 0 Å². The Labute approximate surface area is 125 Å². The number of rotatable bonds is 7. The van der Waals surface area contributed by atoms with Crippen LogP contribution in [0.3, 0.4) is 0 Å². The van der Waals surface area contributed by atoms with Gasteiger partial charge in [0.1, 0.15) is 0 Å². The lowest BCUT2D eigenvalue weighted by atomic mass is 10.6. The van der Waals surface area contributed by atoms with Gasteiger partial charge in [0.25, 0.3) is 0 Å². The Morgan fingerprint density at radius 3 is 2.20 bits per heavy atom. The van der Waals surface area contributed by atoms with E-state index in [-0.39, 0.29) is 11.7 Å². The Morgan fingerprint density at radius 1 is 0.950 bits per heavy atom. The molecule has 6 amide bonds. The highest BCUT2D eigenvalue weighted by molar-refractivity contribution is 8.76. The van der Waals surface area contributed by atoms with Gasteiger partial charge in [0.15, 0.2) is 0 Å². The molecule has 0 aromatic carbocycles. The quantitative estimate of drug-likeness (QED) is 0.389. The molecule has 0 spiro atoms. The van der Waals surface area contributed by atoms with E-state index in [0.29, 0.717) is 18.8 Å². The summed E-state index contributed by atoms with van der Waals surface area (Å²) in [5, 5.41) is 9.17. The zero-order valence-corrected chi connectivity index (χ0v) is 12.9. The summed E-state index contributed by atoms with van der Waals surface area (Å²) in [6.45, 7) is 3.82. The monoisotopic (exact) mass is 322 g/mol. The van der Waals surface area contributed by atoms with Crippen LogP contribution < -0.4 is 21.3 Å². The predicted molar refractivity (Wildman–Crippen MR) is 79.3 cm³/mol. The average molecular weight is 322 g/mol. The highest BCUT2D eigenvalue weighted by Crippen LogP contribution is 2.19. The highest BCUT2D eigenvalue weighted by atomic mass is 33.1. The summed E-state index contributed by atoms with van der Waals surface area (Å²) in [5.74, 6) is -0.0893. The number of carbonyl (C=O) groups is 4. The lowest BCUT2D eigenvalue weighted by Crippen LogP contribution is -2.40. The van der Waals surface area contributed by atoms with E-state index >= 15 is 0 Å². The van der Waals surface area contributed by atoms with Crippen LogP contribution in [0.4, 0.5) is 9.59 Å². The minimum absolute atomic E-state index is 0.140. The molecular weight excluding hydrogens is 304 g/mol. The third-order valence-electron chi connectivity index (χ3n) is 1.62. The predicted octanol–water partition coefficient (Wildman–Crippen LogP) is 0.0592. The summed E-state index contributed by atoms with van der Waals surface area (Å²) >= 11 is 0. The molecule has 0 aliphatic carbocycles. The van der Waals surface area contributed by atoms with Crippen molar-refractivity contribution in [1.29, 1.82) is 0 Å². The molecule has 114 valence electrons. The molecule has 20 heavy (non-hydrogen) atoms. The Kier molecular flexibility index (Phi) is 10.6. The first-order valence-electron chi connectivity index (χ1n) is 5.83. The van der Waals surface area contributed by atoms with Gasteiger partial charge in [0.2, 0.25) is 11.8 Å². The third-order valence-corrected chi connectivity index (χ3v) is 3.90. The summed E-state index contributed by atoms with van der Waals surface area (Å²) < 4.78 is 0. The summed E-state index contributed by atoms with van der Waals surface area (Å²) in [7, 11) is 2.65. The van der Waals surface area contributed by atoms with Gasteiger partial charge < -0.3 is 10.6 Å². The minimum atomic E-state index is -0.544. The normalized spacial score (nSPS) is 9.50. The Morgan fingerprint density at radius 2 is 1.60 bits per heavy atom. The largest absolute Gasteiger partial charge is 0.338 e. The van der Waals surface area contributed by atoms with Crippen LogP contribution in [0.2, 0.25) is 0 Å². The molecule has 8 nitrogen and oxygen atoms in total. The number of carbonyl (C=O) groups excluding carboxylic acids is 4. The van der Waals surface area contributed by atoms with Crippen LogP contribution in [0.1, 0.15) is 13.8 Å². The lowest BCUT2D eigenvalue weighted by Gasteiger charge is -2.05. The average Bonchev–Trinajstić information content (AvgIpc) is 2.32. The molecule has 0 radical (unpaired) electrons. The second kappa shape index (κ2) is 11.4. The van der Waals surface area contributed by atoms with Gasteiger partial charge in [-0.2, -0.15) is 0 Å². The summed E-state index contributed by atoms with van der Waals surface area (Å²) in [4.78, 5) is 43.8. The maximum absolute atomic E-state index is 11.3. The van der Waals surface area contributed by atoms with Crippen molar-refractivity contribution < 1.29 is 19.2 Å². The molecule has 0 bridgehead atoms. The molecule has 0 aliphatic rings. The first-order chi connectivity index (χ1) is 9.45. The number of nitrogens with one attached hydrogen (secondary N) is 4. The van der Waals surface area contributed by atoms with Crippen molar-refractivity contribution >= 4 is 45.5 Å².